The summed E-state index contributed by atoms with van der Waals surface area (Å²) in [4.78, 5) is 39.8. The normalized spacial score (nSPS) is 10.7. The summed E-state index contributed by atoms with van der Waals surface area (Å²) in [6, 6.07) is 4.96. The van der Waals surface area contributed by atoms with Crippen molar-refractivity contribution in [2.24, 2.45) is 5.73 Å². The number of alkyl halides is 2. The highest BCUT2D eigenvalue weighted by Crippen LogP contribution is 2.27. The van der Waals surface area contributed by atoms with Gasteiger partial charge in [-0.05, 0) is 31.2 Å². The monoisotopic (exact) mass is 415 g/mol. The fraction of sp³-hybridized carbons (Fsp3) is 0.250. The fourth-order valence-electron chi connectivity index (χ4n) is 1.94. The number of nitrogens with two attached hydrogens (primary N) is 1. The average molecular weight is 415 g/mol. The van der Waals surface area contributed by atoms with Crippen molar-refractivity contribution < 1.29 is 27.9 Å². The number of benzene rings is 1. The number of carbonyl (C=O) groups excluding carboxylic acids is 3. The van der Waals surface area contributed by atoms with Crippen molar-refractivity contribution >= 4 is 40.8 Å². The number of aromatic nitrogens is 1. The average Bonchev–Trinajstić information content (AvgIpc) is 2.92. The van der Waals surface area contributed by atoms with Gasteiger partial charge in [0.05, 0.1) is 17.9 Å². The van der Waals surface area contributed by atoms with Crippen molar-refractivity contribution in [2.45, 2.75) is 24.3 Å². The van der Waals surface area contributed by atoms with Gasteiger partial charge in [0.15, 0.2) is 4.34 Å². The van der Waals surface area contributed by atoms with E-state index in [4.69, 9.17) is 5.73 Å². The number of ether oxygens (including phenoxy) is 1. The molecule has 0 aliphatic carbocycles. The van der Waals surface area contributed by atoms with Crippen molar-refractivity contribution in [2.75, 3.05) is 5.75 Å². The molecule has 2 aromatic rings. The quantitative estimate of drug-likeness (QED) is 0.639. The number of amides is 3. The molecular weight excluding hydrogens is 400 g/mol. The Kier molecular flexibility index (Phi) is 7.25. The molecule has 3 N–H and O–H groups in total. The lowest BCUT2D eigenvalue weighted by atomic mass is 10.2. The number of primary amides is 1. The van der Waals surface area contributed by atoms with Crippen LogP contribution in [0, 0.1) is 6.92 Å². The van der Waals surface area contributed by atoms with Gasteiger partial charge in [-0.3, -0.25) is 19.7 Å². The van der Waals surface area contributed by atoms with Crippen molar-refractivity contribution in [1.82, 2.24) is 10.3 Å². The third-order valence-corrected chi connectivity index (χ3v) is 5.43. The van der Waals surface area contributed by atoms with E-state index in [1.807, 2.05) is 0 Å². The zero-order valence-electron chi connectivity index (χ0n) is 14.0. The zero-order chi connectivity index (χ0) is 20.0. The van der Waals surface area contributed by atoms with Crippen LogP contribution in [0.4, 0.5) is 8.78 Å². The van der Waals surface area contributed by atoms with Gasteiger partial charge in [0.2, 0.25) is 11.8 Å². The second kappa shape index (κ2) is 9.42. The molecule has 1 heterocycles. The van der Waals surface area contributed by atoms with Gasteiger partial charge >= 0.3 is 6.61 Å². The molecule has 0 saturated heterocycles. The van der Waals surface area contributed by atoms with Crippen molar-refractivity contribution in [3.8, 4) is 5.75 Å². The van der Waals surface area contributed by atoms with Crippen LogP contribution in [-0.4, -0.2) is 35.1 Å². The van der Waals surface area contributed by atoms with E-state index < -0.39 is 24.3 Å². The lowest BCUT2D eigenvalue weighted by Crippen LogP contribution is -2.31. The van der Waals surface area contributed by atoms with Crippen molar-refractivity contribution in [3.05, 3.63) is 40.4 Å². The van der Waals surface area contributed by atoms with E-state index in [0.717, 1.165) is 16.6 Å². The summed E-state index contributed by atoms with van der Waals surface area (Å²) < 4.78 is 28.9. The summed E-state index contributed by atoms with van der Waals surface area (Å²) in [5.41, 5.74) is 5.95. The maximum absolute atomic E-state index is 12.1. The Hall–Kier alpha value is -2.53. The number of carbonyl (C=O) groups is 3. The van der Waals surface area contributed by atoms with Gasteiger partial charge in [-0.15, -0.1) is 11.3 Å². The minimum Gasteiger partial charge on any atom is -0.435 e. The van der Waals surface area contributed by atoms with Gasteiger partial charge in [-0.25, -0.2) is 4.98 Å². The molecule has 0 saturated carbocycles. The molecule has 7 nitrogen and oxygen atoms in total. The first-order chi connectivity index (χ1) is 12.7. The Morgan fingerprint density at radius 2 is 1.96 bits per heavy atom. The highest BCUT2D eigenvalue weighted by molar-refractivity contribution is 8.01. The molecule has 0 unspecified atom stereocenters. The molecule has 0 radical (unpaired) electrons. The Bertz CT molecular complexity index is 841. The number of nitrogens with one attached hydrogen (secondary N) is 1. The Balaban J connectivity index is 1.86. The van der Waals surface area contributed by atoms with Gasteiger partial charge in [-0.2, -0.15) is 8.78 Å². The number of imide groups is 1. The van der Waals surface area contributed by atoms with Crippen LogP contribution in [0.25, 0.3) is 0 Å². The summed E-state index contributed by atoms with van der Waals surface area (Å²) in [7, 11) is 0. The lowest BCUT2D eigenvalue weighted by Gasteiger charge is -2.06. The van der Waals surface area contributed by atoms with Crippen LogP contribution in [-0.2, 0) is 16.0 Å². The van der Waals surface area contributed by atoms with E-state index >= 15 is 0 Å². The number of hydrogen-bond acceptors (Lipinski definition) is 7. The highest BCUT2D eigenvalue weighted by atomic mass is 32.2. The Morgan fingerprint density at radius 1 is 1.30 bits per heavy atom. The van der Waals surface area contributed by atoms with Crippen LogP contribution < -0.4 is 15.8 Å². The predicted octanol–water partition coefficient (Wildman–Crippen LogP) is 2.13. The number of hydrogen-bond donors (Lipinski definition) is 2. The molecule has 144 valence electrons. The molecule has 0 aliphatic rings. The standard InChI is InChI=1S/C16H15F2N3O4S2/c1-8-11(6-12(19)22)27-16(20-8)26-7-13(23)21-14(24)9-2-4-10(5-3-9)25-15(17)18/h2-5,15H,6-7H2,1H3,(H2,19,22)(H,21,23,24). The second-order valence-electron chi connectivity index (χ2n) is 5.20. The van der Waals surface area contributed by atoms with E-state index in [2.05, 4.69) is 15.0 Å². The molecule has 2 rings (SSSR count). The van der Waals surface area contributed by atoms with Crippen molar-refractivity contribution in [1.29, 1.82) is 0 Å². The van der Waals surface area contributed by atoms with E-state index in [9.17, 15) is 23.2 Å². The SMILES string of the molecule is Cc1nc(SCC(=O)NC(=O)c2ccc(OC(F)F)cc2)sc1CC(N)=O. The summed E-state index contributed by atoms with van der Waals surface area (Å²) in [6.45, 7) is -1.22. The minimum absolute atomic E-state index is 0.0543. The van der Waals surface area contributed by atoms with Gasteiger partial charge in [0.25, 0.3) is 5.91 Å². The number of nitrogens with zero attached hydrogens (tertiary/aromatic N) is 1. The molecule has 0 fully saturated rings. The van der Waals surface area contributed by atoms with Crippen LogP contribution in [0.3, 0.4) is 0 Å². The number of aryl methyl sites for hydroxylation is 1. The van der Waals surface area contributed by atoms with Gasteiger partial charge < -0.3 is 10.5 Å². The van der Waals surface area contributed by atoms with E-state index in [0.29, 0.717) is 10.0 Å². The molecule has 0 atom stereocenters. The molecule has 1 aromatic heterocycles. The third kappa shape index (κ3) is 6.61. The van der Waals surface area contributed by atoms with Gasteiger partial charge in [0, 0.05) is 10.4 Å². The summed E-state index contributed by atoms with van der Waals surface area (Å²) in [5.74, 6) is -1.81. The van der Waals surface area contributed by atoms with Crippen molar-refractivity contribution in [3.63, 3.8) is 0 Å². The summed E-state index contributed by atoms with van der Waals surface area (Å²) in [5, 5.41) is 2.20. The third-order valence-electron chi connectivity index (χ3n) is 3.13. The molecule has 3 amide bonds. The lowest BCUT2D eigenvalue weighted by molar-refractivity contribution is -0.118. The minimum atomic E-state index is -2.96. The molecule has 11 heteroatoms. The van der Waals surface area contributed by atoms with E-state index in [-0.39, 0.29) is 23.5 Å². The van der Waals surface area contributed by atoms with Crippen LogP contribution in [0.5, 0.6) is 5.75 Å². The fourth-order valence-corrected chi connectivity index (χ4v) is 3.98. The maximum atomic E-state index is 12.1. The second-order valence-corrected chi connectivity index (χ2v) is 7.51. The molecule has 0 spiro atoms. The highest BCUT2D eigenvalue weighted by Gasteiger charge is 2.14. The Labute approximate surface area is 161 Å². The van der Waals surface area contributed by atoms with Crippen LogP contribution in [0.15, 0.2) is 28.6 Å². The van der Waals surface area contributed by atoms with Crippen LogP contribution in [0.2, 0.25) is 0 Å². The first-order valence-electron chi connectivity index (χ1n) is 7.51. The zero-order valence-corrected chi connectivity index (χ0v) is 15.7. The predicted molar refractivity (Wildman–Crippen MR) is 96.0 cm³/mol. The van der Waals surface area contributed by atoms with Gasteiger partial charge in [0.1, 0.15) is 5.75 Å². The number of thioether (sulfide) groups is 1. The smallest absolute Gasteiger partial charge is 0.387 e. The molecular formula is C16H15F2N3O4S2. The molecule has 27 heavy (non-hydrogen) atoms. The van der Waals surface area contributed by atoms with Crippen LogP contribution in [0.1, 0.15) is 20.9 Å². The Morgan fingerprint density at radius 3 is 2.56 bits per heavy atom. The molecule has 1 aromatic carbocycles. The molecule has 0 aliphatic heterocycles. The van der Waals surface area contributed by atoms with Crippen LogP contribution >= 0.6 is 23.1 Å². The van der Waals surface area contributed by atoms with E-state index in [1.54, 1.807) is 6.92 Å². The first kappa shape index (κ1) is 20.8. The number of thiazole rings is 1. The summed E-state index contributed by atoms with van der Waals surface area (Å²) >= 11 is 2.39. The number of halogens is 2. The first-order valence-corrected chi connectivity index (χ1v) is 9.31. The van der Waals surface area contributed by atoms with Gasteiger partial charge in [-0.1, -0.05) is 11.8 Å². The summed E-state index contributed by atoms with van der Waals surface area (Å²) in [6.07, 6.45) is 0.0833. The largest absolute Gasteiger partial charge is 0.435 e. The van der Waals surface area contributed by atoms with E-state index in [1.165, 1.54) is 35.6 Å². The number of rotatable bonds is 8. The topological polar surface area (TPSA) is 111 Å². The molecule has 0 bridgehead atoms. The maximum Gasteiger partial charge on any atom is 0.387 e.